The Morgan fingerprint density at radius 2 is 1.33 bits per heavy atom. The molecule has 1 unspecified atom stereocenters. The highest BCUT2D eigenvalue weighted by Gasteiger charge is 2.18. The van der Waals surface area contributed by atoms with Crippen LogP contribution in [-0.2, 0) is 4.79 Å². The van der Waals surface area contributed by atoms with Crippen LogP contribution < -0.4 is 0 Å². The highest BCUT2D eigenvalue weighted by Crippen LogP contribution is 2.40. The van der Waals surface area contributed by atoms with E-state index in [1.165, 1.54) is 22.9 Å². The summed E-state index contributed by atoms with van der Waals surface area (Å²) in [6.07, 6.45) is 0.457. The Hall–Kier alpha value is -1.68. The van der Waals surface area contributed by atoms with E-state index in [4.69, 9.17) is 11.6 Å². The SMILES string of the molecule is Cc1ccc(SC(=O)CC(Sc2ccc(C)cc2)c2ccc(Cl)cc2)cc1. The fourth-order valence-electron chi connectivity index (χ4n) is 2.62. The first-order valence-corrected chi connectivity index (χ1v) is 10.8. The van der Waals surface area contributed by atoms with Crippen LogP contribution in [0, 0.1) is 13.8 Å². The van der Waals surface area contributed by atoms with Gasteiger partial charge in [-0.25, -0.2) is 0 Å². The molecule has 0 heterocycles. The second-order valence-corrected chi connectivity index (χ2v) is 9.31. The average molecular weight is 413 g/mol. The fraction of sp³-hybridized carbons (Fsp3) is 0.174. The van der Waals surface area contributed by atoms with Crippen LogP contribution >= 0.6 is 35.1 Å². The van der Waals surface area contributed by atoms with Crippen LogP contribution in [0.4, 0.5) is 0 Å². The number of benzene rings is 3. The van der Waals surface area contributed by atoms with Crippen LogP contribution in [0.1, 0.15) is 28.4 Å². The second kappa shape index (κ2) is 9.50. The predicted octanol–water partition coefficient (Wildman–Crippen LogP) is 7.50. The van der Waals surface area contributed by atoms with Gasteiger partial charge in [0.15, 0.2) is 5.12 Å². The monoisotopic (exact) mass is 412 g/mol. The van der Waals surface area contributed by atoms with Gasteiger partial charge < -0.3 is 0 Å². The molecular formula is C23H21ClOS2. The normalized spacial score (nSPS) is 12.0. The summed E-state index contributed by atoms with van der Waals surface area (Å²) < 4.78 is 0. The summed E-state index contributed by atoms with van der Waals surface area (Å²) in [5.41, 5.74) is 3.54. The molecule has 0 saturated carbocycles. The molecule has 0 aliphatic heterocycles. The van der Waals surface area contributed by atoms with Crippen molar-refractivity contribution in [3.05, 3.63) is 94.5 Å². The van der Waals surface area contributed by atoms with E-state index in [-0.39, 0.29) is 10.4 Å². The maximum atomic E-state index is 12.7. The Morgan fingerprint density at radius 3 is 1.89 bits per heavy atom. The highest BCUT2D eigenvalue weighted by molar-refractivity contribution is 8.13. The van der Waals surface area contributed by atoms with E-state index in [1.807, 2.05) is 55.5 Å². The van der Waals surface area contributed by atoms with Crippen molar-refractivity contribution in [3.63, 3.8) is 0 Å². The average Bonchev–Trinajstić information content (AvgIpc) is 2.65. The Labute approximate surface area is 174 Å². The van der Waals surface area contributed by atoms with Crippen LogP contribution in [0.25, 0.3) is 0 Å². The molecule has 138 valence electrons. The van der Waals surface area contributed by atoms with E-state index >= 15 is 0 Å². The van der Waals surface area contributed by atoms with Gasteiger partial charge in [-0.05, 0) is 55.8 Å². The van der Waals surface area contributed by atoms with Gasteiger partial charge >= 0.3 is 0 Å². The van der Waals surface area contributed by atoms with E-state index < -0.39 is 0 Å². The van der Waals surface area contributed by atoms with E-state index in [1.54, 1.807) is 11.8 Å². The molecule has 1 atom stereocenters. The largest absolute Gasteiger partial charge is 0.287 e. The van der Waals surface area contributed by atoms with E-state index in [2.05, 4.69) is 31.2 Å². The fourth-order valence-corrected chi connectivity index (χ4v) is 4.78. The Kier molecular flexibility index (Phi) is 7.06. The van der Waals surface area contributed by atoms with Crippen molar-refractivity contribution in [1.29, 1.82) is 0 Å². The van der Waals surface area contributed by atoms with Crippen LogP contribution in [0.2, 0.25) is 5.02 Å². The molecule has 0 N–H and O–H groups in total. The summed E-state index contributed by atoms with van der Waals surface area (Å²) >= 11 is 9.08. The van der Waals surface area contributed by atoms with Crippen molar-refractivity contribution >= 4 is 40.2 Å². The lowest BCUT2D eigenvalue weighted by Crippen LogP contribution is -2.01. The van der Waals surface area contributed by atoms with Crippen LogP contribution in [0.5, 0.6) is 0 Å². The van der Waals surface area contributed by atoms with Gasteiger partial charge in [-0.15, -0.1) is 11.8 Å². The molecule has 3 rings (SSSR count). The zero-order valence-electron chi connectivity index (χ0n) is 15.3. The van der Waals surface area contributed by atoms with Crippen molar-refractivity contribution in [2.75, 3.05) is 0 Å². The van der Waals surface area contributed by atoms with E-state index in [0.29, 0.717) is 11.4 Å². The molecule has 4 heteroatoms. The molecule has 27 heavy (non-hydrogen) atoms. The maximum Gasteiger partial charge on any atom is 0.195 e. The number of thioether (sulfide) groups is 2. The third kappa shape index (κ3) is 6.17. The Balaban J connectivity index is 1.76. The van der Waals surface area contributed by atoms with Crippen LogP contribution in [0.15, 0.2) is 82.6 Å². The first kappa shape index (κ1) is 20.1. The minimum Gasteiger partial charge on any atom is -0.287 e. The predicted molar refractivity (Wildman–Crippen MR) is 118 cm³/mol. The van der Waals surface area contributed by atoms with Gasteiger partial charge in [0.2, 0.25) is 0 Å². The zero-order valence-corrected chi connectivity index (χ0v) is 17.7. The van der Waals surface area contributed by atoms with Gasteiger partial charge in [0.25, 0.3) is 0 Å². The third-order valence-electron chi connectivity index (χ3n) is 4.15. The number of halogens is 1. The lowest BCUT2D eigenvalue weighted by molar-refractivity contribution is -0.111. The lowest BCUT2D eigenvalue weighted by Gasteiger charge is -2.17. The summed E-state index contributed by atoms with van der Waals surface area (Å²) in [6.45, 7) is 4.12. The summed E-state index contributed by atoms with van der Waals surface area (Å²) in [5.74, 6) is 0. The first-order chi connectivity index (χ1) is 13.0. The van der Waals surface area contributed by atoms with E-state index in [0.717, 1.165) is 15.4 Å². The highest BCUT2D eigenvalue weighted by atomic mass is 35.5. The molecule has 0 bridgehead atoms. The standard InChI is InChI=1S/C23H21ClOS2/c1-16-3-11-20(12-4-16)26-22(18-7-9-19(24)10-8-18)15-23(25)27-21-13-5-17(2)6-14-21/h3-14,22H,15H2,1-2H3. The van der Waals surface area contributed by atoms with Crippen molar-refractivity contribution in [2.45, 2.75) is 35.3 Å². The van der Waals surface area contributed by atoms with E-state index in [9.17, 15) is 4.79 Å². The Morgan fingerprint density at radius 1 is 0.815 bits per heavy atom. The second-order valence-electron chi connectivity index (χ2n) is 6.46. The number of carbonyl (C=O) groups is 1. The van der Waals surface area contributed by atoms with Gasteiger partial charge in [0.05, 0.1) is 0 Å². The summed E-state index contributed by atoms with van der Waals surface area (Å²) in [4.78, 5) is 14.9. The maximum absolute atomic E-state index is 12.7. The molecule has 0 fully saturated rings. The quantitative estimate of drug-likeness (QED) is 0.390. The van der Waals surface area contributed by atoms with Crippen LogP contribution in [0.3, 0.4) is 0 Å². The minimum atomic E-state index is 0.0513. The van der Waals surface area contributed by atoms with Gasteiger partial charge in [-0.3, -0.25) is 4.79 Å². The molecule has 3 aromatic rings. The molecule has 0 aromatic heterocycles. The van der Waals surface area contributed by atoms with Crippen molar-refractivity contribution in [2.24, 2.45) is 0 Å². The first-order valence-electron chi connectivity index (χ1n) is 8.76. The topological polar surface area (TPSA) is 17.1 Å². The van der Waals surface area contributed by atoms with Gasteiger partial charge in [-0.1, -0.05) is 70.9 Å². The summed E-state index contributed by atoms with van der Waals surface area (Å²) in [6, 6.07) is 24.3. The molecule has 0 amide bonds. The van der Waals surface area contributed by atoms with Gasteiger partial charge in [0.1, 0.15) is 0 Å². The van der Waals surface area contributed by atoms with Gasteiger partial charge in [-0.2, -0.15) is 0 Å². The van der Waals surface area contributed by atoms with Crippen molar-refractivity contribution < 1.29 is 4.79 Å². The molecule has 0 radical (unpaired) electrons. The third-order valence-corrected chi connectivity index (χ3v) is 6.57. The number of carbonyl (C=O) groups excluding carboxylic acids is 1. The number of hydrogen-bond acceptors (Lipinski definition) is 3. The van der Waals surface area contributed by atoms with Crippen molar-refractivity contribution in [3.8, 4) is 0 Å². The number of hydrogen-bond donors (Lipinski definition) is 0. The molecule has 1 nitrogen and oxygen atoms in total. The smallest absolute Gasteiger partial charge is 0.195 e. The molecular weight excluding hydrogens is 392 g/mol. The number of rotatable bonds is 6. The molecule has 0 spiro atoms. The molecule has 3 aromatic carbocycles. The van der Waals surface area contributed by atoms with Gasteiger partial charge in [0, 0.05) is 26.5 Å². The van der Waals surface area contributed by atoms with Crippen molar-refractivity contribution in [1.82, 2.24) is 0 Å². The number of aryl methyl sites for hydroxylation is 2. The molecule has 0 aliphatic rings. The summed E-state index contributed by atoms with van der Waals surface area (Å²) in [5, 5.41) is 0.923. The zero-order chi connectivity index (χ0) is 19.2. The van der Waals surface area contributed by atoms with Crippen LogP contribution in [-0.4, -0.2) is 5.12 Å². The minimum absolute atomic E-state index is 0.0513. The Bertz CT molecular complexity index is 887. The summed E-state index contributed by atoms with van der Waals surface area (Å²) in [7, 11) is 0. The molecule has 0 saturated heterocycles. The lowest BCUT2D eigenvalue weighted by atomic mass is 10.1. The molecule has 0 aliphatic carbocycles.